The number of hydrogen-bond acceptors (Lipinski definition) is 4. The number of methoxy groups -OCH3 is 1. The molecule has 0 bridgehead atoms. The largest absolute Gasteiger partial charge is 0.496 e. The molecule has 2 aromatic rings. The number of hydrogen-bond donors (Lipinski definition) is 1. The van der Waals surface area contributed by atoms with Gasteiger partial charge in [-0.25, -0.2) is 4.79 Å². The van der Waals surface area contributed by atoms with Crippen LogP contribution in [0, 0.1) is 18.3 Å². The standard InChI is InChI=1S/C20H19N3O3/c1-13-10-16(8-9-17(13)26-3)20(2)18(24)23(19(25)22-20)12-15-7-5-4-6-14(15)11-21/h4-10H,12H2,1-3H3,(H,22,25). The maximum atomic E-state index is 13.0. The van der Waals surface area contributed by atoms with E-state index < -0.39 is 11.6 Å². The number of urea groups is 1. The van der Waals surface area contributed by atoms with Crippen molar-refractivity contribution < 1.29 is 14.3 Å². The predicted octanol–water partition coefficient (Wildman–Crippen LogP) is 2.84. The predicted molar refractivity (Wildman–Crippen MR) is 95.3 cm³/mol. The fraction of sp³-hybridized carbons (Fsp3) is 0.250. The zero-order chi connectivity index (χ0) is 18.9. The number of amides is 3. The Bertz CT molecular complexity index is 932. The quantitative estimate of drug-likeness (QED) is 0.861. The molecule has 1 aliphatic rings. The molecule has 6 heteroatoms. The third kappa shape index (κ3) is 2.78. The van der Waals surface area contributed by atoms with E-state index in [9.17, 15) is 14.9 Å². The number of nitrogens with zero attached hydrogens (tertiary/aromatic N) is 2. The first-order valence-electron chi connectivity index (χ1n) is 8.18. The number of nitriles is 1. The van der Waals surface area contributed by atoms with Gasteiger partial charge in [-0.15, -0.1) is 0 Å². The molecule has 0 radical (unpaired) electrons. The highest BCUT2D eigenvalue weighted by molar-refractivity contribution is 6.07. The molecule has 1 N–H and O–H groups in total. The minimum Gasteiger partial charge on any atom is -0.496 e. The van der Waals surface area contributed by atoms with E-state index in [1.54, 1.807) is 50.4 Å². The van der Waals surface area contributed by atoms with E-state index in [-0.39, 0.29) is 12.5 Å². The van der Waals surface area contributed by atoms with Crippen molar-refractivity contribution in [1.82, 2.24) is 10.2 Å². The Balaban J connectivity index is 1.93. The maximum absolute atomic E-state index is 13.0. The highest BCUT2D eigenvalue weighted by Crippen LogP contribution is 2.32. The number of ether oxygens (including phenoxy) is 1. The van der Waals surface area contributed by atoms with Crippen LogP contribution in [0.5, 0.6) is 5.75 Å². The molecule has 1 aliphatic heterocycles. The summed E-state index contributed by atoms with van der Waals surface area (Å²) in [5.41, 5.74) is 1.48. The van der Waals surface area contributed by atoms with Crippen LogP contribution in [0.25, 0.3) is 0 Å². The molecule has 1 saturated heterocycles. The number of carbonyl (C=O) groups is 2. The molecule has 0 saturated carbocycles. The first kappa shape index (κ1) is 17.5. The minimum atomic E-state index is -1.16. The average molecular weight is 349 g/mol. The van der Waals surface area contributed by atoms with Gasteiger partial charge in [-0.05, 0) is 48.7 Å². The van der Waals surface area contributed by atoms with Crippen molar-refractivity contribution in [2.45, 2.75) is 25.9 Å². The third-order valence-corrected chi connectivity index (χ3v) is 4.71. The molecule has 1 heterocycles. The summed E-state index contributed by atoms with van der Waals surface area (Å²) in [5, 5.41) is 12.0. The van der Waals surface area contributed by atoms with Crippen molar-refractivity contribution in [3.63, 3.8) is 0 Å². The van der Waals surface area contributed by atoms with Crippen molar-refractivity contribution in [2.75, 3.05) is 7.11 Å². The van der Waals surface area contributed by atoms with Gasteiger partial charge in [0.15, 0.2) is 0 Å². The van der Waals surface area contributed by atoms with E-state index in [1.165, 1.54) is 0 Å². The van der Waals surface area contributed by atoms with Gasteiger partial charge in [-0.1, -0.05) is 24.3 Å². The van der Waals surface area contributed by atoms with Crippen LogP contribution in [0.15, 0.2) is 42.5 Å². The number of imide groups is 1. The van der Waals surface area contributed by atoms with Crippen molar-refractivity contribution in [1.29, 1.82) is 5.26 Å². The lowest BCUT2D eigenvalue weighted by molar-refractivity contribution is -0.131. The Morgan fingerprint density at radius 1 is 1.23 bits per heavy atom. The maximum Gasteiger partial charge on any atom is 0.325 e. The zero-order valence-corrected chi connectivity index (χ0v) is 14.9. The fourth-order valence-corrected chi connectivity index (χ4v) is 3.16. The Kier molecular flexibility index (Phi) is 4.39. The van der Waals surface area contributed by atoms with Gasteiger partial charge in [0.1, 0.15) is 11.3 Å². The normalized spacial score (nSPS) is 19.2. The Hall–Kier alpha value is -3.33. The van der Waals surface area contributed by atoms with Crippen molar-refractivity contribution >= 4 is 11.9 Å². The van der Waals surface area contributed by atoms with Gasteiger partial charge in [-0.2, -0.15) is 5.26 Å². The molecule has 1 unspecified atom stereocenters. The summed E-state index contributed by atoms with van der Waals surface area (Å²) >= 11 is 0. The molecule has 3 amide bonds. The summed E-state index contributed by atoms with van der Waals surface area (Å²) in [5.74, 6) is 0.369. The molecule has 1 fully saturated rings. The molecule has 1 atom stereocenters. The average Bonchev–Trinajstić information content (AvgIpc) is 2.86. The smallest absolute Gasteiger partial charge is 0.325 e. The molecule has 6 nitrogen and oxygen atoms in total. The van der Waals surface area contributed by atoms with Gasteiger partial charge in [0.05, 0.1) is 25.3 Å². The van der Waals surface area contributed by atoms with Crippen LogP contribution in [0.3, 0.4) is 0 Å². The van der Waals surface area contributed by atoms with E-state index in [0.29, 0.717) is 22.4 Å². The molecule has 3 rings (SSSR count). The van der Waals surface area contributed by atoms with Gasteiger partial charge >= 0.3 is 6.03 Å². The van der Waals surface area contributed by atoms with Crippen molar-refractivity contribution in [3.8, 4) is 11.8 Å². The second kappa shape index (κ2) is 6.52. The lowest BCUT2D eigenvalue weighted by Gasteiger charge is -2.23. The number of aryl methyl sites for hydroxylation is 1. The summed E-state index contributed by atoms with van der Waals surface area (Å²) < 4.78 is 5.26. The van der Waals surface area contributed by atoms with E-state index in [4.69, 9.17) is 4.74 Å². The molecule has 0 spiro atoms. The monoisotopic (exact) mass is 349 g/mol. The summed E-state index contributed by atoms with van der Waals surface area (Å²) in [6.45, 7) is 3.62. The topological polar surface area (TPSA) is 82.4 Å². The van der Waals surface area contributed by atoms with Crippen molar-refractivity contribution in [3.05, 3.63) is 64.7 Å². The Labute approximate surface area is 152 Å². The lowest BCUT2D eigenvalue weighted by atomic mass is 9.90. The van der Waals surface area contributed by atoms with Crippen LogP contribution in [-0.4, -0.2) is 23.9 Å². The Morgan fingerprint density at radius 2 is 1.96 bits per heavy atom. The van der Waals surface area contributed by atoms with Crippen molar-refractivity contribution in [2.24, 2.45) is 0 Å². The summed E-state index contributed by atoms with van der Waals surface area (Å²) in [7, 11) is 1.58. The van der Waals surface area contributed by atoms with Gasteiger partial charge < -0.3 is 10.1 Å². The molecule has 0 aliphatic carbocycles. The minimum absolute atomic E-state index is 0.0547. The van der Waals surface area contributed by atoms with Gasteiger partial charge in [0.2, 0.25) is 0 Å². The van der Waals surface area contributed by atoms with E-state index >= 15 is 0 Å². The second-order valence-electron chi connectivity index (χ2n) is 6.40. The first-order valence-corrected chi connectivity index (χ1v) is 8.18. The molecular formula is C20H19N3O3. The van der Waals surface area contributed by atoms with Gasteiger partial charge in [0, 0.05) is 0 Å². The summed E-state index contributed by atoms with van der Waals surface area (Å²) in [6.07, 6.45) is 0. The molecule has 26 heavy (non-hydrogen) atoms. The molecule has 2 aromatic carbocycles. The summed E-state index contributed by atoms with van der Waals surface area (Å²) in [6, 6.07) is 13.9. The number of nitrogens with one attached hydrogen (secondary N) is 1. The van der Waals surface area contributed by atoms with E-state index in [2.05, 4.69) is 11.4 Å². The fourth-order valence-electron chi connectivity index (χ4n) is 3.16. The van der Waals surface area contributed by atoms with Crippen LogP contribution >= 0.6 is 0 Å². The highest BCUT2D eigenvalue weighted by Gasteiger charge is 2.49. The number of benzene rings is 2. The zero-order valence-electron chi connectivity index (χ0n) is 14.9. The summed E-state index contributed by atoms with van der Waals surface area (Å²) in [4.78, 5) is 26.7. The van der Waals surface area contributed by atoms with Crippen LogP contribution in [0.4, 0.5) is 4.79 Å². The molecular weight excluding hydrogens is 330 g/mol. The SMILES string of the molecule is COc1ccc(C2(C)NC(=O)N(Cc3ccccc3C#N)C2=O)cc1C. The van der Waals surface area contributed by atoms with E-state index in [0.717, 1.165) is 10.5 Å². The van der Waals surface area contributed by atoms with Crippen LogP contribution in [-0.2, 0) is 16.9 Å². The van der Waals surface area contributed by atoms with Crippen LogP contribution in [0.1, 0.15) is 29.2 Å². The van der Waals surface area contributed by atoms with Gasteiger partial charge in [0.25, 0.3) is 5.91 Å². The van der Waals surface area contributed by atoms with E-state index in [1.807, 2.05) is 13.0 Å². The highest BCUT2D eigenvalue weighted by atomic mass is 16.5. The lowest BCUT2D eigenvalue weighted by Crippen LogP contribution is -2.40. The van der Waals surface area contributed by atoms with Crippen LogP contribution < -0.4 is 10.1 Å². The second-order valence-corrected chi connectivity index (χ2v) is 6.40. The molecule has 132 valence electrons. The third-order valence-electron chi connectivity index (χ3n) is 4.71. The first-order chi connectivity index (χ1) is 12.4. The van der Waals surface area contributed by atoms with Crippen LogP contribution in [0.2, 0.25) is 0 Å². The number of carbonyl (C=O) groups excluding carboxylic acids is 2. The Morgan fingerprint density at radius 3 is 2.62 bits per heavy atom. The number of rotatable bonds is 4. The van der Waals surface area contributed by atoms with Gasteiger partial charge in [-0.3, -0.25) is 9.69 Å². The molecule has 0 aromatic heterocycles.